The van der Waals surface area contributed by atoms with Gasteiger partial charge in [0.2, 0.25) is 0 Å². The molecule has 0 unspecified atom stereocenters. The maximum absolute atomic E-state index is 4.71. The lowest BCUT2D eigenvalue weighted by Crippen LogP contribution is -2.07. The summed E-state index contributed by atoms with van der Waals surface area (Å²) in [7, 11) is 0. The molecule has 4 rings (SSSR count). The van der Waals surface area contributed by atoms with E-state index in [0.29, 0.717) is 18.9 Å². The minimum Gasteiger partial charge on any atom is -0.366 e. The van der Waals surface area contributed by atoms with Gasteiger partial charge in [0.15, 0.2) is 5.82 Å². The van der Waals surface area contributed by atoms with Gasteiger partial charge >= 0.3 is 0 Å². The number of hydrogen-bond acceptors (Lipinski definition) is 5. The van der Waals surface area contributed by atoms with E-state index in [4.69, 9.17) is 9.97 Å². The van der Waals surface area contributed by atoms with Gasteiger partial charge in [-0.15, -0.1) is 0 Å². The fraction of sp³-hybridized carbons (Fsp3) is 0.125. The minimum atomic E-state index is 0.601. The zero-order chi connectivity index (χ0) is 19.9. The standard InChI is InChI=1S/C24H23N5/c1-18-10-12-19(13-11-18)16-26-22-15-23(27-17-21-9-5-6-14-25-21)29-24(28-22)20-7-3-2-4-8-20/h2-15H,16-17H2,1H3,(H2,26,27,28,29). The smallest absolute Gasteiger partial charge is 0.163 e. The number of benzene rings is 2. The Morgan fingerprint density at radius 3 is 2.10 bits per heavy atom. The minimum absolute atomic E-state index is 0.601. The van der Waals surface area contributed by atoms with E-state index in [-0.39, 0.29) is 0 Å². The molecule has 5 heteroatoms. The molecule has 0 bridgehead atoms. The van der Waals surface area contributed by atoms with E-state index in [1.807, 2.05) is 54.6 Å². The molecule has 5 nitrogen and oxygen atoms in total. The normalized spacial score (nSPS) is 10.5. The molecule has 0 saturated carbocycles. The van der Waals surface area contributed by atoms with Crippen LogP contribution in [-0.4, -0.2) is 15.0 Å². The molecular formula is C24H23N5. The molecule has 2 aromatic carbocycles. The zero-order valence-electron chi connectivity index (χ0n) is 16.3. The van der Waals surface area contributed by atoms with Gasteiger partial charge in [0, 0.05) is 24.4 Å². The number of nitrogens with one attached hydrogen (secondary N) is 2. The van der Waals surface area contributed by atoms with Gasteiger partial charge in [-0.1, -0.05) is 66.2 Å². The van der Waals surface area contributed by atoms with Crippen LogP contribution in [0.5, 0.6) is 0 Å². The van der Waals surface area contributed by atoms with E-state index in [9.17, 15) is 0 Å². The van der Waals surface area contributed by atoms with Gasteiger partial charge in [-0.3, -0.25) is 4.98 Å². The van der Waals surface area contributed by atoms with Crippen LogP contribution in [0.1, 0.15) is 16.8 Å². The zero-order valence-corrected chi connectivity index (χ0v) is 16.3. The molecule has 0 fully saturated rings. The van der Waals surface area contributed by atoms with Crippen LogP contribution in [0.15, 0.2) is 85.1 Å². The largest absolute Gasteiger partial charge is 0.366 e. The predicted octanol–water partition coefficient (Wildman–Crippen LogP) is 5.07. The van der Waals surface area contributed by atoms with Crippen molar-refractivity contribution in [3.05, 3.63) is 102 Å². The average Bonchev–Trinajstić information content (AvgIpc) is 2.78. The molecule has 0 atom stereocenters. The maximum Gasteiger partial charge on any atom is 0.163 e. The Morgan fingerprint density at radius 2 is 1.41 bits per heavy atom. The van der Waals surface area contributed by atoms with Crippen molar-refractivity contribution < 1.29 is 0 Å². The fourth-order valence-electron chi connectivity index (χ4n) is 2.93. The third kappa shape index (κ3) is 5.17. The molecule has 0 amide bonds. The predicted molar refractivity (Wildman–Crippen MR) is 118 cm³/mol. The van der Waals surface area contributed by atoms with Crippen LogP contribution >= 0.6 is 0 Å². The molecule has 0 aliphatic heterocycles. The van der Waals surface area contributed by atoms with Gasteiger partial charge in [0.25, 0.3) is 0 Å². The molecule has 2 aromatic heterocycles. The quantitative estimate of drug-likeness (QED) is 0.468. The van der Waals surface area contributed by atoms with E-state index in [2.05, 4.69) is 46.8 Å². The van der Waals surface area contributed by atoms with Crippen molar-refractivity contribution in [2.45, 2.75) is 20.0 Å². The van der Waals surface area contributed by atoms with Crippen molar-refractivity contribution in [3.63, 3.8) is 0 Å². The van der Waals surface area contributed by atoms with Gasteiger partial charge in [0.1, 0.15) is 11.6 Å². The highest BCUT2D eigenvalue weighted by atomic mass is 15.1. The summed E-state index contributed by atoms with van der Waals surface area (Å²) in [5, 5.41) is 6.79. The van der Waals surface area contributed by atoms with Crippen molar-refractivity contribution in [3.8, 4) is 11.4 Å². The molecular weight excluding hydrogens is 358 g/mol. The van der Waals surface area contributed by atoms with Gasteiger partial charge in [0.05, 0.1) is 12.2 Å². The van der Waals surface area contributed by atoms with Crippen LogP contribution in [0.25, 0.3) is 11.4 Å². The summed E-state index contributed by atoms with van der Waals surface area (Å²) in [6, 6.07) is 26.3. The van der Waals surface area contributed by atoms with Crippen LogP contribution < -0.4 is 10.6 Å². The average molecular weight is 381 g/mol. The fourth-order valence-corrected chi connectivity index (χ4v) is 2.93. The summed E-state index contributed by atoms with van der Waals surface area (Å²) in [5.41, 5.74) is 4.40. The van der Waals surface area contributed by atoms with Gasteiger partial charge < -0.3 is 10.6 Å². The van der Waals surface area contributed by atoms with Crippen LogP contribution in [-0.2, 0) is 13.1 Å². The topological polar surface area (TPSA) is 62.7 Å². The van der Waals surface area contributed by atoms with E-state index in [1.165, 1.54) is 11.1 Å². The SMILES string of the molecule is Cc1ccc(CNc2cc(NCc3ccccn3)nc(-c3ccccc3)n2)cc1. The highest BCUT2D eigenvalue weighted by Gasteiger charge is 2.07. The van der Waals surface area contributed by atoms with Crippen molar-refractivity contribution in [1.29, 1.82) is 0 Å². The number of pyridine rings is 1. The number of nitrogens with zero attached hydrogens (tertiary/aromatic N) is 3. The Labute approximate surface area is 170 Å². The van der Waals surface area contributed by atoms with Crippen LogP contribution in [0.3, 0.4) is 0 Å². The van der Waals surface area contributed by atoms with E-state index < -0.39 is 0 Å². The van der Waals surface area contributed by atoms with Gasteiger partial charge in [-0.2, -0.15) is 0 Å². The summed E-state index contributed by atoms with van der Waals surface area (Å²) < 4.78 is 0. The van der Waals surface area contributed by atoms with E-state index >= 15 is 0 Å². The Hall–Kier alpha value is -3.73. The third-order valence-electron chi connectivity index (χ3n) is 4.53. The van der Waals surface area contributed by atoms with Crippen LogP contribution in [0.4, 0.5) is 11.6 Å². The molecule has 29 heavy (non-hydrogen) atoms. The second-order valence-electron chi connectivity index (χ2n) is 6.84. The van der Waals surface area contributed by atoms with Crippen molar-refractivity contribution in [1.82, 2.24) is 15.0 Å². The Balaban J connectivity index is 1.56. The highest BCUT2D eigenvalue weighted by Crippen LogP contribution is 2.21. The van der Waals surface area contributed by atoms with Crippen molar-refractivity contribution in [2.24, 2.45) is 0 Å². The lowest BCUT2D eigenvalue weighted by molar-refractivity contribution is 1.02. The number of hydrogen-bond donors (Lipinski definition) is 2. The van der Waals surface area contributed by atoms with Gasteiger partial charge in [-0.05, 0) is 24.6 Å². The summed E-state index contributed by atoms with van der Waals surface area (Å²) in [6.45, 7) is 3.39. The summed E-state index contributed by atoms with van der Waals surface area (Å²) >= 11 is 0. The number of aromatic nitrogens is 3. The van der Waals surface area contributed by atoms with Crippen molar-refractivity contribution >= 4 is 11.6 Å². The molecule has 0 aliphatic rings. The van der Waals surface area contributed by atoms with E-state index in [1.54, 1.807) is 6.20 Å². The summed E-state index contributed by atoms with van der Waals surface area (Å²) in [4.78, 5) is 13.8. The van der Waals surface area contributed by atoms with Crippen molar-refractivity contribution in [2.75, 3.05) is 10.6 Å². The Morgan fingerprint density at radius 1 is 0.724 bits per heavy atom. The number of rotatable bonds is 7. The molecule has 0 saturated heterocycles. The van der Waals surface area contributed by atoms with E-state index in [0.717, 1.165) is 22.9 Å². The molecule has 4 aromatic rings. The molecule has 0 spiro atoms. The molecule has 2 N–H and O–H groups in total. The second-order valence-corrected chi connectivity index (χ2v) is 6.84. The number of aryl methyl sites for hydroxylation is 1. The third-order valence-corrected chi connectivity index (χ3v) is 4.53. The molecule has 2 heterocycles. The first-order chi connectivity index (χ1) is 14.3. The van der Waals surface area contributed by atoms with Crippen LogP contribution in [0.2, 0.25) is 0 Å². The Bertz CT molecular complexity index is 1050. The lowest BCUT2D eigenvalue weighted by atomic mass is 10.1. The Kier molecular flexibility index (Phi) is 5.76. The first-order valence-electron chi connectivity index (χ1n) is 9.64. The number of anilines is 2. The highest BCUT2D eigenvalue weighted by molar-refractivity contribution is 5.61. The molecule has 144 valence electrons. The maximum atomic E-state index is 4.71. The summed E-state index contributed by atoms with van der Waals surface area (Å²) in [5.74, 6) is 2.22. The van der Waals surface area contributed by atoms with Crippen LogP contribution in [0, 0.1) is 6.92 Å². The molecule has 0 radical (unpaired) electrons. The lowest BCUT2D eigenvalue weighted by Gasteiger charge is -2.12. The first kappa shape index (κ1) is 18.6. The summed E-state index contributed by atoms with van der Waals surface area (Å²) in [6.07, 6.45) is 1.79. The molecule has 0 aliphatic carbocycles. The first-order valence-corrected chi connectivity index (χ1v) is 9.64. The monoisotopic (exact) mass is 381 g/mol. The van der Waals surface area contributed by atoms with Gasteiger partial charge in [-0.25, -0.2) is 9.97 Å². The second kappa shape index (κ2) is 8.97.